The molecule has 3 heterocycles. The van der Waals surface area contributed by atoms with Gasteiger partial charge in [-0.25, -0.2) is 0 Å². The van der Waals surface area contributed by atoms with Crippen molar-refractivity contribution in [1.29, 1.82) is 0 Å². The van der Waals surface area contributed by atoms with E-state index in [1.54, 1.807) is 24.8 Å². The Morgan fingerprint density at radius 1 is 1.42 bits per heavy atom. The van der Waals surface area contributed by atoms with Crippen LogP contribution in [0.1, 0.15) is 53.4 Å². The molecule has 0 aromatic carbocycles. The van der Waals surface area contributed by atoms with Crippen molar-refractivity contribution in [2.45, 2.75) is 76.7 Å². The van der Waals surface area contributed by atoms with E-state index in [0.717, 1.165) is 19.3 Å². The van der Waals surface area contributed by atoms with Crippen molar-refractivity contribution in [1.82, 2.24) is 9.80 Å². The molecular weight excluding hydrogens is 400 g/mol. The molecule has 0 aromatic heterocycles. The van der Waals surface area contributed by atoms with Gasteiger partial charge in [0.05, 0.1) is 24.2 Å². The number of carboxylic acid groups (broad SMARTS) is 1. The molecule has 7 atom stereocenters. The number of amides is 2. The molecule has 8 heteroatoms. The summed E-state index contributed by atoms with van der Waals surface area (Å²) in [5, 5.41) is 19.9. The number of aliphatic hydroxyl groups is 1. The molecule has 31 heavy (non-hydrogen) atoms. The first-order valence-electron chi connectivity index (χ1n) is 11.4. The number of aliphatic carboxylic acids is 1. The third-order valence-corrected chi connectivity index (χ3v) is 7.68. The third kappa shape index (κ3) is 3.39. The number of carbonyl (C=O) groups is 3. The summed E-state index contributed by atoms with van der Waals surface area (Å²) < 4.78 is 6.44. The van der Waals surface area contributed by atoms with Crippen LogP contribution in [0.2, 0.25) is 0 Å². The second kappa shape index (κ2) is 8.54. The van der Waals surface area contributed by atoms with Crippen LogP contribution >= 0.6 is 0 Å². The average molecular weight is 437 g/mol. The van der Waals surface area contributed by atoms with Gasteiger partial charge < -0.3 is 24.7 Å². The molecule has 3 saturated heterocycles. The Labute approximate surface area is 184 Å². The van der Waals surface area contributed by atoms with Gasteiger partial charge in [0.1, 0.15) is 17.6 Å². The van der Waals surface area contributed by atoms with Crippen molar-refractivity contribution in [2.24, 2.45) is 17.8 Å². The Hall–Kier alpha value is -1.93. The van der Waals surface area contributed by atoms with Crippen LogP contribution in [-0.2, 0) is 19.1 Å². The van der Waals surface area contributed by atoms with Crippen molar-refractivity contribution >= 4 is 17.8 Å². The van der Waals surface area contributed by atoms with E-state index in [4.69, 9.17) is 4.74 Å². The van der Waals surface area contributed by atoms with Crippen LogP contribution in [-0.4, -0.2) is 80.8 Å². The van der Waals surface area contributed by atoms with E-state index in [-0.39, 0.29) is 18.4 Å². The number of likely N-dealkylation sites (tertiary alicyclic amines) is 1. The number of hydrogen-bond donors (Lipinski definition) is 2. The largest absolute Gasteiger partial charge is 0.481 e. The Balaban J connectivity index is 2.07. The SMILES string of the molecule is C=CCN(CCCCC)C(=O)C1N([C@H](C)CO)C(=O)[C@@H]2[C@H](C(=O)O)[C@@]3(C)OC12CC3C. The smallest absolute Gasteiger partial charge is 0.310 e. The highest BCUT2D eigenvalue weighted by atomic mass is 16.5. The summed E-state index contributed by atoms with van der Waals surface area (Å²) in [6.45, 7) is 11.8. The summed E-state index contributed by atoms with van der Waals surface area (Å²) in [7, 11) is 0. The summed E-state index contributed by atoms with van der Waals surface area (Å²) in [5.74, 6) is -3.82. The topological polar surface area (TPSA) is 107 Å². The van der Waals surface area contributed by atoms with Crippen LogP contribution < -0.4 is 0 Å². The Kier molecular flexibility index (Phi) is 6.54. The number of aliphatic hydroxyl groups excluding tert-OH is 1. The molecule has 3 unspecified atom stereocenters. The average Bonchev–Trinajstić information content (AvgIpc) is 3.23. The van der Waals surface area contributed by atoms with Crippen LogP contribution in [0.3, 0.4) is 0 Å². The minimum atomic E-state index is -1.20. The van der Waals surface area contributed by atoms with Crippen molar-refractivity contribution in [3.05, 3.63) is 12.7 Å². The lowest BCUT2D eigenvalue weighted by atomic mass is 9.62. The van der Waals surface area contributed by atoms with Gasteiger partial charge in [0, 0.05) is 13.1 Å². The maximum Gasteiger partial charge on any atom is 0.310 e. The molecule has 0 aliphatic carbocycles. The molecule has 2 N–H and O–H groups in total. The van der Waals surface area contributed by atoms with Gasteiger partial charge in [-0.3, -0.25) is 14.4 Å². The molecular formula is C23H36N2O6. The van der Waals surface area contributed by atoms with Gasteiger partial charge in [0.25, 0.3) is 0 Å². The van der Waals surface area contributed by atoms with Gasteiger partial charge in [0.15, 0.2) is 0 Å². The first-order valence-corrected chi connectivity index (χ1v) is 11.4. The molecule has 0 saturated carbocycles. The Morgan fingerprint density at radius 2 is 2.10 bits per heavy atom. The molecule has 2 amide bonds. The van der Waals surface area contributed by atoms with Crippen molar-refractivity contribution in [3.8, 4) is 0 Å². The highest BCUT2D eigenvalue weighted by Crippen LogP contribution is 2.65. The standard InChI is InChI=1S/C23H36N2O6/c1-6-8-9-11-24(10-7-2)20(28)18-23-12-14(3)22(5,31-23)17(21(29)30)16(23)19(27)25(18)15(4)13-26/h7,14-18,26H,2,6,8-13H2,1,3-5H3,(H,29,30)/t14?,15-,16+,17-,18?,22+,23?/m1/s1. The number of unbranched alkanes of at least 4 members (excludes halogenated alkanes) is 2. The first-order chi connectivity index (χ1) is 14.6. The second-order valence-corrected chi connectivity index (χ2v) is 9.60. The molecule has 174 valence electrons. The van der Waals surface area contributed by atoms with Gasteiger partial charge in [-0.2, -0.15) is 0 Å². The summed E-state index contributed by atoms with van der Waals surface area (Å²) in [4.78, 5) is 42.8. The minimum absolute atomic E-state index is 0.120. The van der Waals surface area contributed by atoms with Crippen molar-refractivity contribution < 1.29 is 29.3 Å². The van der Waals surface area contributed by atoms with Crippen molar-refractivity contribution in [3.63, 3.8) is 0 Å². The molecule has 0 radical (unpaired) electrons. The lowest BCUT2D eigenvalue weighted by Crippen LogP contribution is -2.58. The monoisotopic (exact) mass is 436 g/mol. The van der Waals surface area contributed by atoms with Crippen LogP contribution in [0.4, 0.5) is 0 Å². The first kappa shape index (κ1) is 23.7. The Bertz CT molecular complexity index is 756. The number of ether oxygens (including phenoxy) is 1. The predicted molar refractivity (Wildman–Crippen MR) is 114 cm³/mol. The van der Waals surface area contributed by atoms with Gasteiger partial charge in [-0.1, -0.05) is 32.8 Å². The summed E-state index contributed by atoms with van der Waals surface area (Å²) in [6.07, 6.45) is 4.91. The maximum absolute atomic E-state index is 13.9. The molecule has 3 fully saturated rings. The van der Waals surface area contributed by atoms with Crippen LogP contribution in [0.5, 0.6) is 0 Å². The highest BCUT2D eigenvalue weighted by Gasteiger charge is 2.80. The molecule has 8 nitrogen and oxygen atoms in total. The number of nitrogens with zero attached hydrogens (tertiary/aromatic N) is 2. The van der Waals surface area contributed by atoms with E-state index in [1.165, 1.54) is 4.90 Å². The zero-order valence-corrected chi connectivity index (χ0v) is 19.0. The minimum Gasteiger partial charge on any atom is -0.481 e. The maximum atomic E-state index is 13.9. The highest BCUT2D eigenvalue weighted by molar-refractivity contribution is 5.98. The number of carbonyl (C=O) groups excluding carboxylic acids is 2. The molecule has 2 bridgehead atoms. The fourth-order valence-electron chi connectivity index (χ4n) is 6.07. The van der Waals surface area contributed by atoms with E-state index >= 15 is 0 Å². The summed E-state index contributed by atoms with van der Waals surface area (Å²) >= 11 is 0. The normalized spacial score (nSPS) is 37.1. The number of rotatable bonds is 10. The number of hydrogen-bond acceptors (Lipinski definition) is 5. The van der Waals surface area contributed by atoms with Crippen LogP contribution in [0.15, 0.2) is 12.7 Å². The van der Waals surface area contributed by atoms with E-state index in [1.807, 2.05) is 6.92 Å². The summed E-state index contributed by atoms with van der Waals surface area (Å²) in [6, 6.07) is -1.58. The Morgan fingerprint density at radius 3 is 2.65 bits per heavy atom. The number of fused-ring (bicyclic) bond motifs is 1. The van der Waals surface area contributed by atoms with E-state index in [2.05, 4.69) is 13.5 Å². The molecule has 3 rings (SSSR count). The molecule has 1 spiro atoms. The molecule has 0 aromatic rings. The molecule has 3 aliphatic rings. The fourth-order valence-corrected chi connectivity index (χ4v) is 6.07. The fraction of sp³-hybridized carbons (Fsp3) is 0.783. The second-order valence-electron chi connectivity index (χ2n) is 9.60. The van der Waals surface area contributed by atoms with E-state index < -0.39 is 47.0 Å². The van der Waals surface area contributed by atoms with Crippen LogP contribution in [0, 0.1) is 17.8 Å². The van der Waals surface area contributed by atoms with Crippen LogP contribution in [0.25, 0.3) is 0 Å². The third-order valence-electron chi connectivity index (χ3n) is 7.68. The van der Waals surface area contributed by atoms with Gasteiger partial charge in [-0.05, 0) is 32.6 Å². The van der Waals surface area contributed by atoms with Crippen molar-refractivity contribution in [2.75, 3.05) is 19.7 Å². The van der Waals surface area contributed by atoms with Gasteiger partial charge in [0.2, 0.25) is 11.8 Å². The quantitative estimate of drug-likeness (QED) is 0.398. The zero-order chi connectivity index (χ0) is 23.1. The summed E-state index contributed by atoms with van der Waals surface area (Å²) in [5.41, 5.74) is -2.20. The zero-order valence-electron chi connectivity index (χ0n) is 19.0. The lowest BCUT2D eigenvalue weighted by Gasteiger charge is -2.38. The van der Waals surface area contributed by atoms with Gasteiger partial charge >= 0.3 is 5.97 Å². The van der Waals surface area contributed by atoms with Gasteiger partial charge in [-0.15, -0.1) is 6.58 Å². The predicted octanol–water partition coefficient (Wildman–Crippen LogP) is 1.67. The van der Waals surface area contributed by atoms with E-state index in [9.17, 15) is 24.6 Å². The number of carboxylic acids is 1. The lowest BCUT2D eigenvalue weighted by molar-refractivity contribution is -0.159. The molecule has 3 aliphatic heterocycles. The van der Waals surface area contributed by atoms with E-state index in [0.29, 0.717) is 19.5 Å².